The molecule has 1 aromatic carbocycles. The number of hydrogen-bond acceptors (Lipinski definition) is 3. The van der Waals surface area contributed by atoms with Crippen LogP contribution in [0.2, 0.25) is 0 Å². The molecule has 1 rings (SSSR count). The number of rotatable bonds is 4. The van der Waals surface area contributed by atoms with Gasteiger partial charge in [-0.05, 0) is 46.7 Å². The highest BCUT2D eigenvalue weighted by Gasteiger charge is 2.12. The van der Waals surface area contributed by atoms with E-state index < -0.39 is 0 Å². The first kappa shape index (κ1) is 12.6. The molecule has 4 heteroatoms. The molecule has 0 saturated heterocycles. The number of phenols is 1. The van der Waals surface area contributed by atoms with E-state index in [0.29, 0.717) is 5.75 Å². The Morgan fingerprint density at radius 2 is 2.20 bits per heavy atom. The normalized spacial score (nSPS) is 12.5. The van der Waals surface area contributed by atoms with Crippen LogP contribution in [0.4, 0.5) is 0 Å². The van der Waals surface area contributed by atoms with Crippen LogP contribution in [-0.4, -0.2) is 12.2 Å². The van der Waals surface area contributed by atoms with Gasteiger partial charge in [0.05, 0.1) is 10.7 Å². The largest absolute Gasteiger partial charge is 0.504 e. The average Bonchev–Trinajstić information content (AvgIpc) is 2.22. The van der Waals surface area contributed by atoms with Crippen molar-refractivity contribution < 1.29 is 9.84 Å². The topological polar surface area (TPSA) is 55.5 Å². The van der Waals surface area contributed by atoms with Crippen molar-refractivity contribution in [3.05, 3.63) is 21.3 Å². The molecule has 0 aliphatic rings. The summed E-state index contributed by atoms with van der Waals surface area (Å²) in [5.41, 5.74) is 7.02. The number of halogens is 1. The van der Waals surface area contributed by atoms with Crippen molar-refractivity contribution in [2.75, 3.05) is 7.11 Å². The Morgan fingerprint density at radius 1 is 1.53 bits per heavy atom. The molecule has 0 aliphatic heterocycles. The Bertz CT molecular complexity index is 342. The summed E-state index contributed by atoms with van der Waals surface area (Å²) in [7, 11) is 1.54. The molecule has 0 saturated carbocycles. The molecule has 1 aromatic rings. The molecule has 0 fully saturated rings. The second-order valence-electron chi connectivity index (χ2n) is 3.45. The van der Waals surface area contributed by atoms with E-state index in [2.05, 4.69) is 29.5 Å². The van der Waals surface area contributed by atoms with Gasteiger partial charge in [-0.1, -0.05) is 13.3 Å². The lowest BCUT2D eigenvalue weighted by Crippen LogP contribution is -2.10. The third-order valence-corrected chi connectivity index (χ3v) is 3.12. The van der Waals surface area contributed by atoms with Gasteiger partial charge < -0.3 is 15.6 Å². The summed E-state index contributed by atoms with van der Waals surface area (Å²) in [4.78, 5) is 0. The van der Waals surface area contributed by atoms with Crippen LogP contribution >= 0.6 is 22.6 Å². The van der Waals surface area contributed by atoms with Gasteiger partial charge >= 0.3 is 0 Å². The van der Waals surface area contributed by atoms with Crippen molar-refractivity contribution in [3.8, 4) is 11.5 Å². The highest BCUT2D eigenvalue weighted by atomic mass is 127. The Hall–Kier alpha value is -0.490. The standard InChI is InChI=1S/C11H16INO2/c1-3-4-9(13)7-5-8(12)11(14)10(6-7)15-2/h5-6,9,14H,3-4,13H2,1-2H3. The van der Waals surface area contributed by atoms with Gasteiger partial charge in [0.2, 0.25) is 0 Å². The summed E-state index contributed by atoms with van der Waals surface area (Å²) >= 11 is 2.08. The lowest BCUT2D eigenvalue weighted by atomic mass is 10.0. The number of hydrogen-bond donors (Lipinski definition) is 2. The number of aromatic hydroxyl groups is 1. The average molecular weight is 321 g/mol. The van der Waals surface area contributed by atoms with E-state index in [1.807, 2.05) is 6.07 Å². The Kier molecular flexibility index (Phi) is 4.66. The van der Waals surface area contributed by atoms with Crippen LogP contribution in [-0.2, 0) is 0 Å². The molecule has 0 radical (unpaired) electrons. The van der Waals surface area contributed by atoms with Crippen molar-refractivity contribution in [1.82, 2.24) is 0 Å². The first-order valence-corrected chi connectivity index (χ1v) is 6.00. The molecule has 15 heavy (non-hydrogen) atoms. The van der Waals surface area contributed by atoms with Crippen LogP contribution in [0.1, 0.15) is 31.4 Å². The van der Waals surface area contributed by atoms with Crippen molar-refractivity contribution in [1.29, 1.82) is 0 Å². The molecule has 0 aromatic heterocycles. The third-order valence-electron chi connectivity index (χ3n) is 2.30. The molecule has 0 spiro atoms. The molecule has 84 valence electrons. The fourth-order valence-electron chi connectivity index (χ4n) is 1.44. The quantitative estimate of drug-likeness (QED) is 0.839. The summed E-state index contributed by atoms with van der Waals surface area (Å²) < 4.78 is 5.86. The summed E-state index contributed by atoms with van der Waals surface area (Å²) in [6, 6.07) is 3.72. The Labute approximate surface area is 104 Å². The predicted octanol–water partition coefficient (Wildman–Crippen LogP) is 2.81. The third kappa shape index (κ3) is 2.98. The minimum absolute atomic E-state index is 0.0121. The summed E-state index contributed by atoms with van der Waals surface area (Å²) in [5.74, 6) is 0.675. The van der Waals surface area contributed by atoms with Gasteiger partial charge in [-0.25, -0.2) is 0 Å². The molecule has 0 aliphatic carbocycles. The van der Waals surface area contributed by atoms with E-state index in [1.165, 1.54) is 0 Å². The maximum Gasteiger partial charge on any atom is 0.171 e. The lowest BCUT2D eigenvalue weighted by molar-refractivity contribution is 0.370. The SMILES string of the molecule is CCCC(N)c1cc(I)c(O)c(OC)c1. The summed E-state index contributed by atoms with van der Waals surface area (Å²) in [5, 5.41) is 9.66. The zero-order valence-electron chi connectivity index (χ0n) is 8.96. The number of methoxy groups -OCH3 is 1. The molecule has 3 nitrogen and oxygen atoms in total. The number of benzene rings is 1. The second kappa shape index (κ2) is 5.55. The predicted molar refractivity (Wildman–Crippen MR) is 69.2 cm³/mol. The van der Waals surface area contributed by atoms with Gasteiger partial charge in [-0.2, -0.15) is 0 Å². The maximum atomic E-state index is 9.66. The fourth-order valence-corrected chi connectivity index (χ4v) is 2.07. The highest BCUT2D eigenvalue weighted by Crippen LogP contribution is 2.34. The molecule has 1 unspecified atom stereocenters. The van der Waals surface area contributed by atoms with Gasteiger partial charge in [-0.15, -0.1) is 0 Å². The lowest BCUT2D eigenvalue weighted by Gasteiger charge is -2.14. The van der Waals surface area contributed by atoms with Crippen LogP contribution in [0.15, 0.2) is 12.1 Å². The first-order valence-electron chi connectivity index (χ1n) is 4.92. The zero-order valence-corrected chi connectivity index (χ0v) is 11.1. The van der Waals surface area contributed by atoms with Gasteiger partial charge in [0.15, 0.2) is 11.5 Å². The van der Waals surface area contributed by atoms with E-state index in [4.69, 9.17) is 10.5 Å². The smallest absolute Gasteiger partial charge is 0.171 e. The molecule has 0 amide bonds. The fraction of sp³-hybridized carbons (Fsp3) is 0.455. The van der Waals surface area contributed by atoms with Crippen molar-refractivity contribution >= 4 is 22.6 Å². The van der Waals surface area contributed by atoms with Gasteiger partial charge in [0, 0.05) is 6.04 Å². The molecule has 0 bridgehead atoms. The summed E-state index contributed by atoms with van der Waals surface area (Å²) in [6.45, 7) is 2.10. The summed E-state index contributed by atoms with van der Waals surface area (Å²) in [6.07, 6.45) is 1.98. The van der Waals surface area contributed by atoms with E-state index >= 15 is 0 Å². The number of nitrogens with two attached hydrogens (primary N) is 1. The minimum atomic E-state index is 0.0121. The molecule has 1 atom stereocenters. The monoisotopic (exact) mass is 321 g/mol. The van der Waals surface area contributed by atoms with Gasteiger partial charge in [0.1, 0.15) is 0 Å². The molecule has 0 heterocycles. The Balaban J connectivity index is 3.05. The number of phenolic OH excluding ortho intramolecular Hbond substituents is 1. The maximum absolute atomic E-state index is 9.66. The zero-order chi connectivity index (χ0) is 11.4. The van der Waals surface area contributed by atoms with Crippen LogP contribution in [0.3, 0.4) is 0 Å². The minimum Gasteiger partial charge on any atom is -0.504 e. The molecular weight excluding hydrogens is 305 g/mol. The number of ether oxygens (including phenoxy) is 1. The van der Waals surface area contributed by atoms with Crippen LogP contribution in [0.5, 0.6) is 11.5 Å². The van der Waals surface area contributed by atoms with Crippen molar-refractivity contribution in [2.24, 2.45) is 5.73 Å². The van der Waals surface area contributed by atoms with E-state index in [0.717, 1.165) is 22.0 Å². The van der Waals surface area contributed by atoms with Gasteiger partial charge in [0.25, 0.3) is 0 Å². The van der Waals surface area contributed by atoms with E-state index in [9.17, 15) is 5.11 Å². The van der Waals surface area contributed by atoms with Crippen molar-refractivity contribution in [2.45, 2.75) is 25.8 Å². The van der Waals surface area contributed by atoms with Crippen LogP contribution < -0.4 is 10.5 Å². The Morgan fingerprint density at radius 3 is 2.73 bits per heavy atom. The van der Waals surface area contributed by atoms with Crippen LogP contribution in [0.25, 0.3) is 0 Å². The van der Waals surface area contributed by atoms with Crippen molar-refractivity contribution in [3.63, 3.8) is 0 Å². The van der Waals surface area contributed by atoms with Gasteiger partial charge in [-0.3, -0.25) is 0 Å². The molecular formula is C11H16INO2. The van der Waals surface area contributed by atoms with Crippen LogP contribution in [0, 0.1) is 3.57 Å². The second-order valence-corrected chi connectivity index (χ2v) is 4.61. The van der Waals surface area contributed by atoms with E-state index in [-0.39, 0.29) is 11.8 Å². The first-order chi connectivity index (χ1) is 7.10. The highest BCUT2D eigenvalue weighted by molar-refractivity contribution is 14.1. The van der Waals surface area contributed by atoms with E-state index in [1.54, 1.807) is 13.2 Å². The molecule has 3 N–H and O–H groups in total.